The van der Waals surface area contributed by atoms with Crippen molar-refractivity contribution in [2.45, 2.75) is 0 Å². The number of hydrogen-bond donors (Lipinski definition) is 0. The lowest BCUT2D eigenvalue weighted by Gasteiger charge is -2.02. The van der Waals surface area contributed by atoms with Crippen LogP contribution in [0.2, 0.25) is 10.0 Å². The summed E-state index contributed by atoms with van der Waals surface area (Å²) in [5.74, 6) is 0.0203. The van der Waals surface area contributed by atoms with E-state index < -0.39 is 0 Å². The van der Waals surface area contributed by atoms with E-state index in [0.717, 1.165) is 11.1 Å². The summed E-state index contributed by atoms with van der Waals surface area (Å²) in [6.45, 7) is 0. The molecule has 0 fully saturated rings. The van der Waals surface area contributed by atoms with Gasteiger partial charge in [0, 0.05) is 21.2 Å². The van der Waals surface area contributed by atoms with Crippen molar-refractivity contribution in [2.75, 3.05) is 0 Å². The molecule has 1 nitrogen and oxygen atoms in total. The molecule has 0 unspecified atom stereocenters. The van der Waals surface area contributed by atoms with E-state index in [-0.39, 0.29) is 5.78 Å². The topological polar surface area (TPSA) is 17.1 Å². The number of halogens is 2. The Bertz CT molecular complexity index is 881. The Balaban J connectivity index is 1.77. The van der Waals surface area contributed by atoms with Crippen molar-refractivity contribution in [3.63, 3.8) is 0 Å². The lowest BCUT2D eigenvalue weighted by molar-refractivity contribution is 0.103. The van der Waals surface area contributed by atoms with Gasteiger partial charge in [0.1, 0.15) is 0 Å². The second kappa shape index (κ2) is 7.48. The third-order valence-electron chi connectivity index (χ3n) is 3.63. The van der Waals surface area contributed by atoms with E-state index in [2.05, 4.69) is 0 Å². The summed E-state index contributed by atoms with van der Waals surface area (Å²) in [6, 6.07) is 22.1. The van der Waals surface area contributed by atoms with Gasteiger partial charge in [-0.25, -0.2) is 0 Å². The molecule has 0 aliphatic carbocycles. The van der Waals surface area contributed by atoms with Crippen LogP contribution in [0.1, 0.15) is 27.0 Å². The summed E-state index contributed by atoms with van der Waals surface area (Å²) < 4.78 is 0. The Kier molecular flexibility index (Phi) is 5.14. The fourth-order valence-electron chi connectivity index (χ4n) is 2.32. The van der Waals surface area contributed by atoms with E-state index in [9.17, 15) is 4.79 Å². The summed E-state index contributed by atoms with van der Waals surface area (Å²) >= 11 is 12.0. The van der Waals surface area contributed by atoms with Gasteiger partial charge >= 0.3 is 0 Å². The molecule has 3 aromatic carbocycles. The van der Waals surface area contributed by atoms with E-state index in [1.54, 1.807) is 12.1 Å². The van der Waals surface area contributed by atoms with Crippen LogP contribution in [0.25, 0.3) is 12.2 Å². The van der Waals surface area contributed by atoms with Crippen molar-refractivity contribution in [1.82, 2.24) is 0 Å². The zero-order valence-corrected chi connectivity index (χ0v) is 14.3. The van der Waals surface area contributed by atoms with Crippen LogP contribution in [-0.2, 0) is 0 Å². The van der Waals surface area contributed by atoms with Crippen LogP contribution < -0.4 is 0 Å². The van der Waals surface area contributed by atoms with E-state index in [0.29, 0.717) is 21.2 Å². The first kappa shape index (κ1) is 16.5. The normalized spacial score (nSPS) is 10.9. The second-order valence-corrected chi connectivity index (χ2v) is 6.16. The van der Waals surface area contributed by atoms with Crippen molar-refractivity contribution in [3.8, 4) is 0 Å². The van der Waals surface area contributed by atoms with E-state index >= 15 is 0 Å². The number of rotatable bonds is 4. The smallest absolute Gasteiger partial charge is 0.193 e. The van der Waals surface area contributed by atoms with Crippen molar-refractivity contribution in [3.05, 3.63) is 105 Å². The molecule has 118 valence electrons. The third kappa shape index (κ3) is 3.94. The van der Waals surface area contributed by atoms with Gasteiger partial charge in [0.05, 0.1) is 0 Å². The monoisotopic (exact) mass is 352 g/mol. The van der Waals surface area contributed by atoms with Crippen LogP contribution in [0, 0.1) is 0 Å². The summed E-state index contributed by atoms with van der Waals surface area (Å²) in [7, 11) is 0. The molecule has 0 aliphatic heterocycles. The van der Waals surface area contributed by atoms with Gasteiger partial charge in [0.2, 0.25) is 0 Å². The Morgan fingerprint density at radius 3 is 2.08 bits per heavy atom. The minimum Gasteiger partial charge on any atom is -0.289 e. The van der Waals surface area contributed by atoms with Gasteiger partial charge in [0.15, 0.2) is 5.78 Å². The molecule has 0 radical (unpaired) electrons. The maximum atomic E-state index is 12.4. The maximum Gasteiger partial charge on any atom is 0.193 e. The van der Waals surface area contributed by atoms with Crippen molar-refractivity contribution in [2.24, 2.45) is 0 Å². The fraction of sp³-hybridized carbons (Fsp3) is 0. The van der Waals surface area contributed by atoms with Crippen LogP contribution >= 0.6 is 23.2 Å². The molecule has 0 aliphatic rings. The molecule has 0 N–H and O–H groups in total. The maximum absolute atomic E-state index is 12.4. The first-order valence-electron chi connectivity index (χ1n) is 7.46. The SMILES string of the molecule is O=C(c1ccccc1)c1ccc(C=Cc2ccc(Cl)cc2Cl)cc1. The molecule has 0 saturated carbocycles. The molecular weight excluding hydrogens is 339 g/mol. The Morgan fingerprint density at radius 2 is 1.42 bits per heavy atom. The molecule has 24 heavy (non-hydrogen) atoms. The minimum atomic E-state index is 0.0203. The predicted molar refractivity (Wildman–Crippen MR) is 102 cm³/mol. The second-order valence-electron chi connectivity index (χ2n) is 5.32. The van der Waals surface area contributed by atoms with Gasteiger partial charge in [-0.2, -0.15) is 0 Å². The number of carbonyl (C=O) groups is 1. The van der Waals surface area contributed by atoms with Gasteiger partial charge in [-0.05, 0) is 23.3 Å². The highest BCUT2D eigenvalue weighted by Gasteiger charge is 2.07. The standard InChI is InChI=1S/C21H14Cl2O/c22-19-13-12-16(20(23)14-19)9-6-15-7-10-18(11-8-15)21(24)17-4-2-1-3-5-17/h1-14H. The van der Waals surface area contributed by atoms with Crippen molar-refractivity contribution in [1.29, 1.82) is 0 Å². The first-order chi connectivity index (χ1) is 11.6. The van der Waals surface area contributed by atoms with E-state index in [1.165, 1.54) is 0 Å². The molecule has 0 heterocycles. The number of ketones is 1. The molecule has 0 aromatic heterocycles. The Hall–Kier alpha value is -2.35. The molecule has 3 heteroatoms. The van der Waals surface area contributed by atoms with E-state index in [1.807, 2.05) is 72.8 Å². The lowest BCUT2D eigenvalue weighted by Crippen LogP contribution is -2.00. The number of benzene rings is 3. The highest BCUT2D eigenvalue weighted by Crippen LogP contribution is 2.23. The Morgan fingerprint density at radius 1 is 0.750 bits per heavy atom. The zero-order chi connectivity index (χ0) is 16.9. The van der Waals surface area contributed by atoms with Crippen molar-refractivity contribution >= 4 is 41.1 Å². The molecule has 0 amide bonds. The molecule has 0 atom stereocenters. The predicted octanol–water partition coefficient (Wildman–Crippen LogP) is 6.39. The zero-order valence-electron chi connectivity index (χ0n) is 12.7. The molecule has 3 rings (SSSR count). The fourth-order valence-corrected chi connectivity index (χ4v) is 2.80. The summed E-state index contributed by atoms with van der Waals surface area (Å²) in [5.41, 5.74) is 3.24. The third-order valence-corrected chi connectivity index (χ3v) is 4.19. The first-order valence-corrected chi connectivity index (χ1v) is 8.22. The average molecular weight is 353 g/mol. The van der Waals surface area contributed by atoms with Crippen LogP contribution in [0.3, 0.4) is 0 Å². The van der Waals surface area contributed by atoms with Crippen molar-refractivity contribution < 1.29 is 4.79 Å². The summed E-state index contributed by atoms with van der Waals surface area (Å²) in [5, 5.41) is 1.22. The van der Waals surface area contributed by atoms with Gasteiger partial charge in [0.25, 0.3) is 0 Å². The summed E-state index contributed by atoms with van der Waals surface area (Å²) in [6.07, 6.45) is 3.87. The Labute approximate surface area is 151 Å². The van der Waals surface area contributed by atoms with Crippen LogP contribution in [-0.4, -0.2) is 5.78 Å². The van der Waals surface area contributed by atoms with Gasteiger partial charge < -0.3 is 0 Å². The molecule has 0 bridgehead atoms. The lowest BCUT2D eigenvalue weighted by atomic mass is 10.0. The van der Waals surface area contributed by atoms with Gasteiger partial charge in [-0.15, -0.1) is 0 Å². The largest absolute Gasteiger partial charge is 0.289 e. The molecule has 3 aromatic rings. The van der Waals surface area contributed by atoms with Crippen LogP contribution in [0.5, 0.6) is 0 Å². The van der Waals surface area contributed by atoms with Gasteiger partial charge in [-0.1, -0.05) is 96.0 Å². The average Bonchev–Trinajstić information content (AvgIpc) is 2.62. The molecular formula is C21H14Cl2O. The van der Waals surface area contributed by atoms with Crippen LogP contribution in [0.15, 0.2) is 72.8 Å². The van der Waals surface area contributed by atoms with Crippen LogP contribution in [0.4, 0.5) is 0 Å². The number of carbonyl (C=O) groups excluding carboxylic acids is 1. The van der Waals surface area contributed by atoms with Gasteiger partial charge in [-0.3, -0.25) is 4.79 Å². The minimum absolute atomic E-state index is 0.0203. The highest BCUT2D eigenvalue weighted by molar-refractivity contribution is 6.35. The quantitative estimate of drug-likeness (QED) is 0.392. The summed E-state index contributed by atoms with van der Waals surface area (Å²) in [4.78, 5) is 12.4. The number of hydrogen-bond acceptors (Lipinski definition) is 1. The van der Waals surface area contributed by atoms with E-state index in [4.69, 9.17) is 23.2 Å². The highest BCUT2D eigenvalue weighted by atomic mass is 35.5. The molecule has 0 spiro atoms. The molecule has 0 saturated heterocycles.